The SMILES string of the molecule is Cc1ccc(CCC(C)([OH2+])[OH+]C(C)(C)CCCCc2ccccc2)cc1. The Hall–Kier alpha value is -1.64. The van der Waals surface area contributed by atoms with Crippen LogP contribution in [-0.4, -0.2) is 21.2 Å². The van der Waals surface area contributed by atoms with Crippen LogP contribution >= 0.6 is 0 Å². The molecule has 1 unspecified atom stereocenters. The molecule has 26 heavy (non-hydrogen) atoms. The number of ether oxygens (including phenoxy) is 1. The smallest absolute Gasteiger partial charge is 0.363 e. The summed E-state index contributed by atoms with van der Waals surface area (Å²) in [4.78, 5) is 0. The number of aryl methyl sites for hydroxylation is 3. The zero-order valence-electron chi connectivity index (χ0n) is 16.9. The second-order valence-electron chi connectivity index (χ2n) is 8.38. The lowest BCUT2D eigenvalue weighted by molar-refractivity contribution is -0.354. The molecule has 0 aliphatic heterocycles. The van der Waals surface area contributed by atoms with Crippen molar-refractivity contribution in [2.75, 3.05) is 0 Å². The van der Waals surface area contributed by atoms with Crippen LogP contribution < -0.4 is 0 Å². The third-order valence-corrected chi connectivity index (χ3v) is 4.92. The molecule has 0 aliphatic rings. The number of unbranched alkanes of at least 4 members (excludes halogenated alkanes) is 1. The summed E-state index contributed by atoms with van der Waals surface area (Å²) in [5.74, 6) is -0.728. The Morgan fingerprint density at radius 2 is 1.38 bits per heavy atom. The van der Waals surface area contributed by atoms with Crippen molar-refractivity contribution < 1.29 is 9.84 Å². The summed E-state index contributed by atoms with van der Waals surface area (Å²) in [7, 11) is 0. The van der Waals surface area contributed by atoms with Crippen molar-refractivity contribution in [1.29, 1.82) is 0 Å². The molecule has 1 atom stereocenters. The maximum atomic E-state index is 8.62. The zero-order chi connectivity index (χ0) is 19.0. The number of benzene rings is 2. The van der Waals surface area contributed by atoms with Gasteiger partial charge < -0.3 is 9.84 Å². The van der Waals surface area contributed by atoms with Gasteiger partial charge in [0.05, 0.1) is 6.92 Å². The fourth-order valence-corrected chi connectivity index (χ4v) is 3.45. The molecule has 0 aromatic heterocycles. The second kappa shape index (κ2) is 9.34. The fourth-order valence-electron chi connectivity index (χ4n) is 3.45. The minimum Gasteiger partial charge on any atom is -0.379 e. The van der Waals surface area contributed by atoms with Crippen molar-refractivity contribution in [3.63, 3.8) is 0 Å². The molecule has 0 aliphatic carbocycles. The molecule has 0 saturated heterocycles. The van der Waals surface area contributed by atoms with Crippen molar-refractivity contribution in [3.05, 3.63) is 71.3 Å². The van der Waals surface area contributed by atoms with E-state index in [-0.39, 0.29) is 5.60 Å². The van der Waals surface area contributed by atoms with Crippen LogP contribution in [0.25, 0.3) is 0 Å². The highest BCUT2D eigenvalue weighted by atomic mass is 16.6. The maximum Gasteiger partial charge on any atom is 0.363 e. The summed E-state index contributed by atoms with van der Waals surface area (Å²) in [5.41, 5.74) is 3.85. The average Bonchev–Trinajstić information content (AvgIpc) is 2.58. The van der Waals surface area contributed by atoms with Crippen molar-refractivity contribution in [3.8, 4) is 0 Å². The molecule has 2 nitrogen and oxygen atoms in total. The van der Waals surface area contributed by atoms with Gasteiger partial charge in [-0.15, -0.1) is 0 Å². The molecule has 142 valence electrons. The van der Waals surface area contributed by atoms with Crippen molar-refractivity contribution in [1.82, 2.24) is 0 Å². The average molecular weight is 357 g/mol. The van der Waals surface area contributed by atoms with Gasteiger partial charge in [-0.05, 0) is 43.7 Å². The van der Waals surface area contributed by atoms with Crippen molar-refractivity contribution in [2.45, 2.75) is 77.6 Å². The van der Waals surface area contributed by atoms with E-state index in [1.807, 2.05) is 6.92 Å². The van der Waals surface area contributed by atoms with Gasteiger partial charge in [-0.25, -0.2) is 0 Å². The van der Waals surface area contributed by atoms with Crippen LogP contribution in [0.15, 0.2) is 54.6 Å². The van der Waals surface area contributed by atoms with E-state index in [0.29, 0.717) is 0 Å². The highest BCUT2D eigenvalue weighted by Crippen LogP contribution is 2.24. The predicted octanol–water partition coefficient (Wildman–Crippen LogP) is 5.09. The summed E-state index contributed by atoms with van der Waals surface area (Å²) in [6.07, 6.45) is 6.18. The van der Waals surface area contributed by atoms with Gasteiger partial charge in [0, 0.05) is 20.3 Å². The molecular weight excluding hydrogens is 320 g/mol. The third-order valence-electron chi connectivity index (χ3n) is 4.92. The van der Waals surface area contributed by atoms with E-state index in [9.17, 15) is 0 Å². The van der Waals surface area contributed by atoms with Crippen LogP contribution in [0.4, 0.5) is 0 Å². The molecule has 2 heteroatoms. The molecule has 0 amide bonds. The molecule has 0 saturated carbocycles. The molecule has 0 spiro atoms. The highest BCUT2D eigenvalue weighted by molar-refractivity contribution is 5.21. The van der Waals surface area contributed by atoms with Gasteiger partial charge >= 0.3 is 5.79 Å². The number of hydrogen-bond donors (Lipinski definition) is 0. The Morgan fingerprint density at radius 3 is 2.04 bits per heavy atom. The first-order valence-electron chi connectivity index (χ1n) is 9.84. The summed E-state index contributed by atoms with van der Waals surface area (Å²) in [6, 6.07) is 19.3. The number of aliphatic hydroxyl groups is 2. The Bertz CT molecular complexity index is 642. The van der Waals surface area contributed by atoms with Gasteiger partial charge in [0.25, 0.3) is 0 Å². The molecular formula is C24H36O2+2. The monoisotopic (exact) mass is 356 g/mol. The molecule has 0 radical (unpaired) electrons. The number of hydrogen-bond acceptors (Lipinski definition) is 0. The fraction of sp³-hybridized carbons (Fsp3) is 0.500. The van der Waals surface area contributed by atoms with Gasteiger partial charge in [0.2, 0.25) is 0 Å². The molecule has 2 aromatic rings. The summed E-state index contributed by atoms with van der Waals surface area (Å²) >= 11 is 0. The van der Waals surface area contributed by atoms with Crippen molar-refractivity contribution in [2.24, 2.45) is 0 Å². The quantitative estimate of drug-likeness (QED) is 0.323. The van der Waals surface area contributed by atoms with Gasteiger partial charge in [0.1, 0.15) is 6.42 Å². The lowest BCUT2D eigenvalue weighted by atomic mass is 9.97. The van der Waals surface area contributed by atoms with Crippen LogP contribution in [-0.2, 0) is 12.8 Å². The largest absolute Gasteiger partial charge is 0.379 e. The van der Waals surface area contributed by atoms with Crippen LogP contribution in [0.5, 0.6) is 0 Å². The van der Waals surface area contributed by atoms with Gasteiger partial charge in [-0.2, -0.15) is 0 Å². The number of rotatable bonds is 10. The first-order chi connectivity index (χ1) is 12.3. The molecule has 0 fully saturated rings. The third kappa shape index (κ3) is 7.72. The lowest BCUT2D eigenvalue weighted by Crippen LogP contribution is -2.43. The molecule has 2 rings (SSSR count). The first kappa shape index (κ1) is 20.7. The van der Waals surface area contributed by atoms with Gasteiger partial charge in [-0.3, -0.25) is 0 Å². The molecule has 3 N–H and O–H groups in total. The highest BCUT2D eigenvalue weighted by Gasteiger charge is 2.39. The Kier molecular flexibility index (Phi) is 7.43. The minimum atomic E-state index is -0.728. The van der Waals surface area contributed by atoms with E-state index >= 15 is 0 Å². The molecule has 2 aromatic carbocycles. The van der Waals surface area contributed by atoms with Crippen LogP contribution in [0, 0.1) is 6.92 Å². The second-order valence-corrected chi connectivity index (χ2v) is 8.38. The minimum absolute atomic E-state index is 0.138. The topological polar surface area (TPSA) is 35.7 Å². The summed E-state index contributed by atoms with van der Waals surface area (Å²) in [6.45, 7) is 8.41. The Labute approximate surface area is 159 Å². The van der Waals surface area contributed by atoms with E-state index in [1.165, 1.54) is 23.1 Å². The molecule has 0 bridgehead atoms. The predicted molar refractivity (Wildman–Crippen MR) is 112 cm³/mol. The van der Waals surface area contributed by atoms with E-state index in [1.54, 1.807) is 0 Å². The Morgan fingerprint density at radius 1 is 0.769 bits per heavy atom. The first-order valence-corrected chi connectivity index (χ1v) is 9.84. The van der Waals surface area contributed by atoms with E-state index in [4.69, 9.17) is 9.84 Å². The molecule has 0 heterocycles. The lowest BCUT2D eigenvalue weighted by Gasteiger charge is -2.28. The standard InChI is InChI=1S/C24H34O2/c1-20-13-15-22(16-14-20)17-19-24(4,25)26-23(2,3)18-9-8-12-21-10-6-5-7-11-21/h5-7,10-11,13-16,25H,8-9,12,17-19H2,1-4H3/p+2. The zero-order valence-corrected chi connectivity index (χ0v) is 16.9. The summed E-state index contributed by atoms with van der Waals surface area (Å²) in [5, 5.41) is 8.62. The van der Waals surface area contributed by atoms with Crippen LogP contribution in [0.2, 0.25) is 0 Å². The summed E-state index contributed by atoms with van der Waals surface area (Å²) < 4.78 is 4.88. The van der Waals surface area contributed by atoms with E-state index < -0.39 is 5.79 Å². The van der Waals surface area contributed by atoms with Crippen LogP contribution in [0.3, 0.4) is 0 Å². The van der Waals surface area contributed by atoms with E-state index in [0.717, 1.165) is 32.1 Å². The van der Waals surface area contributed by atoms with E-state index in [2.05, 4.69) is 75.4 Å². The Balaban J connectivity index is 1.73. The normalized spacial score (nSPS) is 14.2. The van der Waals surface area contributed by atoms with Gasteiger partial charge in [-0.1, -0.05) is 60.2 Å². The van der Waals surface area contributed by atoms with Crippen molar-refractivity contribution >= 4 is 0 Å². The maximum absolute atomic E-state index is 8.62. The van der Waals surface area contributed by atoms with Crippen LogP contribution in [0.1, 0.15) is 63.1 Å². The van der Waals surface area contributed by atoms with Gasteiger partial charge in [0.15, 0.2) is 5.60 Å².